The summed E-state index contributed by atoms with van der Waals surface area (Å²) >= 11 is 0. The van der Waals surface area contributed by atoms with Gasteiger partial charge in [0.25, 0.3) is 11.6 Å². The Balaban J connectivity index is 1.48. The number of amides is 1. The van der Waals surface area contributed by atoms with Crippen molar-refractivity contribution >= 4 is 28.3 Å². The number of ketones is 1. The van der Waals surface area contributed by atoms with Gasteiger partial charge in [-0.15, -0.1) is 0 Å². The number of nitro benzene ring substituents is 1. The summed E-state index contributed by atoms with van der Waals surface area (Å²) in [5.74, 6) is -0.922. The van der Waals surface area contributed by atoms with E-state index in [1.807, 2.05) is 42.6 Å². The van der Waals surface area contributed by atoms with Gasteiger partial charge in [-0.25, -0.2) is 0 Å². The summed E-state index contributed by atoms with van der Waals surface area (Å²) in [6, 6.07) is 19.6. The summed E-state index contributed by atoms with van der Waals surface area (Å²) in [6.45, 7) is 0.205. The highest BCUT2D eigenvalue weighted by Crippen LogP contribution is 2.39. The molecule has 0 saturated heterocycles. The number of H-pyrrole nitrogens is 1. The van der Waals surface area contributed by atoms with E-state index in [4.69, 9.17) is 4.74 Å². The van der Waals surface area contributed by atoms with Crippen molar-refractivity contribution in [2.45, 2.75) is 18.9 Å². The van der Waals surface area contributed by atoms with Gasteiger partial charge in [0.05, 0.1) is 23.6 Å². The Bertz CT molecular complexity index is 1560. The van der Waals surface area contributed by atoms with Gasteiger partial charge in [-0.1, -0.05) is 30.3 Å². The highest BCUT2D eigenvalue weighted by Gasteiger charge is 2.43. The van der Waals surface area contributed by atoms with Gasteiger partial charge in [0.15, 0.2) is 11.5 Å². The standard InChI is InChI=1S/C29H25N3O6/c1-38-22-11-12-24-23(16-22)20(17-30-24)13-14-31-27(19-7-9-21(10-8-19)32(36)37)26(28(34)29(31)35)25(33)15-18-5-3-2-4-6-18/h2-12,16-17,27,30,34H,13-15H2,1H3. The van der Waals surface area contributed by atoms with E-state index in [-0.39, 0.29) is 30.0 Å². The molecular formula is C29H25N3O6. The van der Waals surface area contributed by atoms with Gasteiger partial charge >= 0.3 is 0 Å². The number of benzene rings is 3. The molecule has 0 fully saturated rings. The number of hydrogen-bond donors (Lipinski definition) is 2. The number of carbonyl (C=O) groups excluding carboxylic acids is 2. The van der Waals surface area contributed by atoms with E-state index < -0.39 is 22.6 Å². The van der Waals surface area contributed by atoms with Crippen molar-refractivity contribution in [3.63, 3.8) is 0 Å². The number of hydrogen-bond acceptors (Lipinski definition) is 6. The summed E-state index contributed by atoms with van der Waals surface area (Å²) in [7, 11) is 1.59. The van der Waals surface area contributed by atoms with Crippen molar-refractivity contribution in [2.24, 2.45) is 0 Å². The largest absolute Gasteiger partial charge is 0.503 e. The highest BCUT2D eigenvalue weighted by atomic mass is 16.6. The zero-order valence-electron chi connectivity index (χ0n) is 20.6. The van der Waals surface area contributed by atoms with Crippen LogP contribution >= 0.6 is 0 Å². The Kier molecular flexibility index (Phi) is 6.66. The van der Waals surface area contributed by atoms with Crippen molar-refractivity contribution in [1.82, 2.24) is 9.88 Å². The Hall–Kier alpha value is -4.92. The summed E-state index contributed by atoms with van der Waals surface area (Å²) in [4.78, 5) is 42.1. The SMILES string of the molecule is COc1ccc2[nH]cc(CCN3C(=O)C(O)=C(C(=O)Cc4ccccc4)C3c3ccc([N+](=O)[O-])cc3)c2c1. The van der Waals surface area contributed by atoms with Crippen molar-refractivity contribution < 1.29 is 24.4 Å². The molecule has 5 rings (SSSR count). The molecule has 1 aliphatic rings. The molecule has 192 valence electrons. The van der Waals surface area contributed by atoms with E-state index >= 15 is 0 Å². The van der Waals surface area contributed by atoms with Crippen molar-refractivity contribution in [2.75, 3.05) is 13.7 Å². The number of nitrogens with one attached hydrogen (secondary N) is 1. The first-order chi connectivity index (χ1) is 18.4. The van der Waals surface area contributed by atoms with E-state index in [9.17, 15) is 24.8 Å². The van der Waals surface area contributed by atoms with Gasteiger partial charge in [0.2, 0.25) is 0 Å². The Morgan fingerprint density at radius 3 is 2.53 bits per heavy atom. The lowest BCUT2D eigenvalue weighted by atomic mass is 9.93. The molecule has 3 aromatic carbocycles. The molecule has 4 aromatic rings. The van der Waals surface area contributed by atoms with E-state index in [1.54, 1.807) is 19.2 Å². The van der Waals surface area contributed by atoms with E-state index in [1.165, 1.54) is 29.2 Å². The minimum absolute atomic E-state index is 0.00620. The molecule has 0 bridgehead atoms. The summed E-state index contributed by atoms with van der Waals surface area (Å²) in [6.07, 6.45) is 2.31. The van der Waals surface area contributed by atoms with Crippen LogP contribution in [0.1, 0.15) is 22.7 Å². The first kappa shape index (κ1) is 24.8. The predicted molar refractivity (Wildman–Crippen MR) is 141 cm³/mol. The van der Waals surface area contributed by atoms with E-state index in [2.05, 4.69) is 4.98 Å². The Labute approximate surface area is 218 Å². The Morgan fingerprint density at radius 1 is 1.11 bits per heavy atom. The number of nitro groups is 1. The number of aromatic amines is 1. The number of carbonyl (C=O) groups is 2. The fraction of sp³-hybridized carbons (Fsp3) is 0.172. The van der Waals surface area contributed by atoms with Crippen LogP contribution in [0.3, 0.4) is 0 Å². The number of rotatable bonds is 9. The molecule has 9 heteroatoms. The molecule has 1 atom stereocenters. The number of aliphatic hydroxyl groups excluding tert-OH is 1. The second kappa shape index (κ2) is 10.2. The molecule has 1 amide bonds. The van der Waals surface area contributed by atoms with Crippen LogP contribution in [0.4, 0.5) is 5.69 Å². The van der Waals surface area contributed by atoms with Crippen LogP contribution in [0.15, 0.2) is 90.3 Å². The molecule has 1 aliphatic heterocycles. The topological polar surface area (TPSA) is 126 Å². The zero-order chi connectivity index (χ0) is 26.8. The normalized spacial score (nSPS) is 15.3. The first-order valence-electron chi connectivity index (χ1n) is 12.1. The maximum atomic E-state index is 13.4. The molecule has 2 heterocycles. The van der Waals surface area contributed by atoms with Gasteiger partial charge in [0.1, 0.15) is 5.75 Å². The van der Waals surface area contributed by atoms with Crippen LogP contribution in [-0.2, 0) is 22.4 Å². The fourth-order valence-electron chi connectivity index (χ4n) is 4.90. The van der Waals surface area contributed by atoms with E-state index in [0.29, 0.717) is 17.7 Å². The van der Waals surface area contributed by atoms with E-state index in [0.717, 1.165) is 22.0 Å². The zero-order valence-corrected chi connectivity index (χ0v) is 20.6. The highest BCUT2D eigenvalue weighted by molar-refractivity contribution is 6.09. The second-order valence-corrected chi connectivity index (χ2v) is 9.07. The number of fused-ring (bicyclic) bond motifs is 1. The number of Topliss-reactive ketones (excluding diaryl/α,β-unsaturated/α-hetero) is 1. The van der Waals surface area contributed by atoms with Gasteiger partial charge < -0.3 is 19.7 Å². The monoisotopic (exact) mass is 511 g/mol. The summed E-state index contributed by atoms with van der Waals surface area (Å²) < 4.78 is 5.34. The minimum Gasteiger partial charge on any atom is -0.503 e. The molecule has 0 aliphatic carbocycles. The lowest BCUT2D eigenvalue weighted by Gasteiger charge is -2.27. The van der Waals surface area contributed by atoms with Crippen LogP contribution in [0.25, 0.3) is 10.9 Å². The second-order valence-electron chi connectivity index (χ2n) is 9.07. The third kappa shape index (κ3) is 4.61. The first-order valence-corrected chi connectivity index (χ1v) is 12.1. The number of aliphatic hydroxyl groups is 1. The minimum atomic E-state index is -0.876. The molecule has 38 heavy (non-hydrogen) atoms. The molecule has 2 N–H and O–H groups in total. The third-order valence-corrected chi connectivity index (χ3v) is 6.83. The van der Waals surface area contributed by atoms with Crippen LogP contribution in [0, 0.1) is 10.1 Å². The average molecular weight is 512 g/mol. The maximum Gasteiger partial charge on any atom is 0.290 e. The number of ether oxygens (including phenoxy) is 1. The van der Waals surface area contributed by atoms with Gasteiger partial charge in [-0.05, 0) is 53.4 Å². The fourth-order valence-corrected chi connectivity index (χ4v) is 4.90. The molecular weight excluding hydrogens is 486 g/mol. The van der Waals surface area contributed by atoms with Crippen LogP contribution < -0.4 is 4.74 Å². The third-order valence-electron chi connectivity index (χ3n) is 6.83. The molecule has 1 unspecified atom stereocenters. The van der Waals surface area contributed by atoms with Gasteiger partial charge in [-0.2, -0.15) is 0 Å². The lowest BCUT2D eigenvalue weighted by molar-refractivity contribution is -0.384. The molecule has 0 saturated carbocycles. The Morgan fingerprint density at radius 2 is 1.84 bits per heavy atom. The van der Waals surface area contributed by atoms with Crippen molar-refractivity contribution in [3.05, 3.63) is 117 Å². The molecule has 0 radical (unpaired) electrons. The van der Waals surface area contributed by atoms with Crippen LogP contribution in [-0.4, -0.2) is 45.3 Å². The summed E-state index contributed by atoms with van der Waals surface area (Å²) in [5, 5.41) is 23.0. The number of nitrogens with zero attached hydrogens (tertiary/aromatic N) is 2. The van der Waals surface area contributed by atoms with Gasteiger partial charge in [-0.3, -0.25) is 19.7 Å². The molecule has 9 nitrogen and oxygen atoms in total. The number of aromatic nitrogens is 1. The summed E-state index contributed by atoms with van der Waals surface area (Å²) in [5.41, 5.74) is 3.00. The average Bonchev–Trinajstić information content (AvgIpc) is 3.45. The molecule has 0 spiro atoms. The quantitative estimate of drug-likeness (QED) is 0.245. The number of non-ortho nitro benzene ring substituents is 1. The predicted octanol–water partition coefficient (Wildman–Crippen LogP) is 4.83. The smallest absolute Gasteiger partial charge is 0.290 e. The lowest BCUT2D eigenvalue weighted by Crippen LogP contribution is -2.33. The van der Waals surface area contributed by atoms with Crippen molar-refractivity contribution in [1.29, 1.82) is 0 Å². The van der Waals surface area contributed by atoms with Crippen LogP contribution in [0.2, 0.25) is 0 Å². The maximum absolute atomic E-state index is 13.4. The molecule has 1 aromatic heterocycles. The van der Waals surface area contributed by atoms with Gasteiger partial charge in [0, 0.05) is 42.2 Å². The van der Waals surface area contributed by atoms with Crippen molar-refractivity contribution in [3.8, 4) is 5.75 Å². The number of methoxy groups -OCH3 is 1. The van der Waals surface area contributed by atoms with Crippen LogP contribution in [0.5, 0.6) is 5.75 Å².